The van der Waals surface area contributed by atoms with Gasteiger partial charge in [-0.3, -0.25) is 4.99 Å². The van der Waals surface area contributed by atoms with Gasteiger partial charge in [0, 0.05) is 39.7 Å². The van der Waals surface area contributed by atoms with Crippen LogP contribution in [-0.2, 0) is 11.2 Å². The molecule has 4 nitrogen and oxygen atoms in total. The van der Waals surface area contributed by atoms with Crippen molar-refractivity contribution in [1.29, 1.82) is 0 Å². The lowest BCUT2D eigenvalue weighted by Gasteiger charge is -2.24. The molecule has 1 aromatic carbocycles. The quantitative estimate of drug-likeness (QED) is 0.443. The fourth-order valence-corrected chi connectivity index (χ4v) is 3.02. The Labute approximate surface area is 157 Å². The molecule has 1 unspecified atom stereocenters. The zero-order valence-electron chi connectivity index (χ0n) is 14.8. The van der Waals surface area contributed by atoms with E-state index >= 15 is 0 Å². The Morgan fingerprint density at radius 2 is 2.17 bits per heavy atom. The van der Waals surface area contributed by atoms with E-state index in [2.05, 4.69) is 54.3 Å². The molecule has 1 aromatic rings. The number of benzene rings is 1. The highest BCUT2D eigenvalue weighted by Gasteiger charge is 2.18. The number of ether oxygens (including phenoxy) is 1. The number of hydrogen-bond donors (Lipinski definition) is 1. The van der Waals surface area contributed by atoms with Crippen LogP contribution in [0.5, 0.6) is 0 Å². The van der Waals surface area contributed by atoms with Gasteiger partial charge in [0.05, 0.1) is 6.61 Å². The second-order valence-corrected chi connectivity index (χ2v) is 6.26. The number of nitrogens with one attached hydrogen (secondary N) is 1. The van der Waals surface area contributed by atoms with Crippen LogP contribution in [0.25, 0.3) is 0 Å². The third-order valence-corrected chi connectivity index (χ3v) is 4.30. The van der Waals surface area contributed by atoms with Crippen molar-refractivity contribution in [1.82, 2.24) is 10.2 Å². The van der Waals surface area contributed by atoms with Gasteiger partial charge < -0.3 is 15.0 Å². The maximum atomic E-state index is 5.45. The number of hydrogen-bond acceptors (Lipinski definition) is 2. The molecule has 1 N–H and O–H groups in total. The molecule has 1 aliphatic rings. The van der Waals surface area contributed by atoms with Gasteiger partial charge >= 0.3 is 0 Å². The zero-order chi connectivity index (χ0) is 15.9. The second-order valence-electron chi connectivity index (χ2n) is 6.26. The van der Waals surface area contributed by atoms with E-state index in [1.807, 2.05) is 7.05 Å². The summed E-state index contributed by atoms with van der Waals surface area (Å²) < 4.78 is 5.45. The monoisotopic (exact) mass is 431 g/mol. The fraction of sp³-hybridized carbons (Fsp3) is 0.611. The summed E-state index contributed by atoms with van der Waals surface area (Å²) in [5.41, 5.74) is 4.09. The van der Waals surface area contributed by atoms with Crippen LogP contribution >= 0.6 is 24.0 Å². The average Bonchev–Trinajstić information content (AvgIpc) is 2.98. The van der Waals surface area contributed by atoms with Crippen LogP contribution in [0.4, 0.5) is 0 Å². The third-order valence-electron chi connectivity index (χ3n) is 4.30. The van der Waals surface area contributed by atoms with E-state index < -0.39 is 0 Å². The summed E-state index contributed by atoms with van der Waals surface area (Å²) in [6, 6.07) is 6.66. The highest BCUT2D eigenvalue weighted by Crippen LogP contribution is 2.13. The molecular formula is C18H30IN3O. The fourth-order valence-electron chi connectivity index (χ4n) is 3.02. The first-order valence-electron chi connectivity index (χ1n) is 8.16. The topological polar surface area (TPSA) is 36.9 Å². The van der Waals surface area contributed by atoms with Crippen molar-refractivity contribution in [3.63, 3.8) is 0 Å². The van der Waals surface area contributed by atoms with Gasteiger partial charge in [0.1, 0.15) is 0 Å². The molecule has 0 saturated carbocycles. The van der Waals surface area contributed by atoms with Crippen LogP contribution < -0.4 is 5.32 Å². The molecule has 0 aliphatic carbocycles. The van der Waals surface area contributed by atoms with Crippen molar-refractivity contribution in [2.75, 3.05) is 40.4 Å². The van der Waals surface area contributed by atoms with Crippen LogP contribution in [0.15, 0.2) is 23.2 Å². The van der Waals surface area contributed by atoms with E-state index in [9.17, 15) is 0 Å². The van der Waals surface area contributed by atoms with Gasteiger partial charge in [-0.15, -0.1) is 24.0 Å². The molecule has 0 bridgehead atoms. The van der Waals surface area contributed by atoms with Crippen molar-refractivity contribution in [2.45, 2.75) is 26.7 Å². The maximum Gasteiger partial charge on any atom is 0.193 e. The van der Waals surface area contributed by atoms with Gasteiger partial charge in [-0.05, 0) is 37.8 Å². The van der Waals surface area contributed by atoms with Crippen molar-refractivity contribution in [3.05, 3.63) is 34.9 Å². The molecule has 1 saturated heterocycles. The Kier molecular flexibility index (Phi) is 8.91. The molecule has 1 heterocycles. The van der Waals surface area contributed by atoms with Crippen molar-refractivity contribution in [2.24, 2.45) is 10.9 Å². The van der Waals surface area contributed by atoms with E-state index in [1.165, 1.54) is 16.7 Å². The molecule has 23 heavy (non-hydrogen) atoms. The number of rotatable bonds is 5. The second kappa shape index (κ2) is 10.1. The van der Waals surface area contributed by atoms with Gasteiger partial charge in [-0.25, -0.2) is 0 Å². The predicted octanol–water partition coefficient (Wildman–Crippen LogP) is 3.01. The number of aryl methyl sites for hydroxylation is 2. The molecule has 1 fully saturated rings. The van der Waals surface area contributed by atoms with Gasteiger partial charge in [0.2, 0.25) is 0 Å². The van der Waals surface area contributed by atoms with Crippen LogP contribution in [-0.4, -0.2) is 51.3 Å². The Hall–Kier alpha value is -0.820. The lowest BCUT2D eigenvalue weighted by Crippen LogP contribution is -2.42. The molecule has 0 spiro atoms. The van der Waals surface area contributed by atoms with Crippen molar-refractivity contribution >= 4 is 29.9 Å². The molecule has 130 valence electrons. The molecule has 1 atom stereocenters. The van der Waals surface area contributed by atoms with E-state index in [0.717, 1.165) is 45.1 Å². The minimum absolute atomic E-state index is 0. The lowest BCUT2D eigenvalue weighted by molar-refractivity contribution is 0.181. The number of nitrogens with zero attached hydrogens (tertiary/aromatic N) is 2. The smallest absolute Gasteiger partial charge is 0.193 e. The summed E-state index contributed by atoms with van der Waals surface area (Å²) in [6.45, 7) is 8.01. The largest absolute Gasteiger partial charge is 0.381 e. The number of aliphatic imine (C=N–C) groups is 1. The van der Waals surface area contributed by atoms with Crippen molar-refractivity contribution < 1.29 is 4.74 Å². The number of guanidine groups is 1. The van der Waals surface area contributed by atoms with E-state index in [-0.39, 0.29) is 24.0 Å². The third kappa shape index (κ3) is 6.30. The predicted molar refractivity (Wildman–Crippen MR) is 108 cm³/mol. The standard InChI is InChI=1S/C18H29N3O.HI/c1-14-5-6-17(15(2)11-14)7-9-20-18(19-3)21(4)12-16-8-10-22-13-16;/h5-6,11,16H,7-10,12-13H2,1-4H3,(H,19,20);1H. The Morgan fingerprint density at radius 1 is 1.39 bits per heavy atom. The van der Waals surface area contributed by atoms with Gasteiger partial charge in [-0.1, -0.05) is 23.8 Å². The first-order valence-corrected chi connectivity index (χ1v) is 8.16. The Balaban J connectivity index is 0.00000264. The average molecular weight is 431 g/mol. The van der Waals surface area contributed by atoms with Crippen molar-refractivity contribution in [3.8, 4) is 0 Å². The minimum Gasteiger partial charge on any atom is -0.381 e. The Morgan fingerprint density at radius 3 is 2.78 bits per heavy atom. The zero-order valence-corrected chi connectivity index (χ0v) is 17.1. The summed E-state index contributed by atoms with van der Waals surface area (Å²) in [5, 5.41) is 3.47. The number of halogens is 1. The lowest BCUT2D eigenvalue weighted by atomic mass is 10.0. The molecule has 2 rings (SSSR count). The molecule has 0 radical (unpaired) electrons. The summed E-state index contributed by atoms with van der Waals surface area (Å²) in [4.78, 5) is 6.60. The van der Waals surface area contributed by atoms with Gasteiger partial charge in [0.25, 0.3) is 0 Å². The first kappa shape index (κ1) is 20.2. The first-order chi connectivity index (χ1) is 10.6. The SMILES string of the molecule is CN=C(NCCc1ccc(C)cc1C)N(C)CC1CCOC1.I. The van der Waals surface area contributed by atoms with Crippen LogP contribution in [0, 0.1) is 19.8 Å². The Bertz CT molecular complexity index is 513. The summed E-state index contributed by atoms with van der Waals surface area (Å²) in [5.74, 6) is 1.60. The summed E-state index contributed by atoms with van der Waals surface area (Å²) in [7, 11) is 3.95. The maximum absolute atomic E-state index is 5.45. The molecule has 1 aliphatic heterocycles. The van der Waals surface area contributed by atoms with Gasteiger partial charge in [0.15, 0.2) is 5.96 Å². The van der Waals surface area contributed by atoms with E-state index in [1.54, 1.807) is 0 Å². The molecule has 5 heteroatoms. The molecular weight excluding hydrogens is 401 g/mol. The highest BCUT2D eigenvalue weighted by molar-refractivity contribution is 14.0. The van der Waals surface area contributed by atoms with Crippen LogP contribution in [0.2, 0.25) is 0 Å². The van der Waals surface area contributed by atoms with E-state index in [0.29, 0.717) is 5.92 Å². The van der Waals surface area contributed by atoms with Crippen LogP contribution in [0.3, 0.4) is 0 Å². The normalized spacial score (nSPS) is 17.7. The molecule has 0 aromatic heterocycles. The summed E-state index contributed by atoms with van der Waals surface area (Å²) in [6.07, 6.45) is 2.18. The van der Waals surface area contributed by atoms with Gasteiger partial charge in [-0.2, -0.15) is 0 Å². The summed E-state index contributed by atoms with van der Waals surface area (Å²) >= 11 is 0. The minimum atomic E-state index is 0. The van der Waals surface area contributed by atoms with Crippen LogP contribution in [0.1, 0.15) is 23.1 Å². The molecule has 0 amide bonds. The van der Waals surface area contributed by atoms with E-state index in [4.69, 9.17) is 4.74 Å². The highest BCUT2D eigenvalue weighted by atomic mass is 127.